The number of rotatable bonds is 2. The topological polar surface area (TPSA) is 94.2 Å². The van der Waals surface area contributed by atoms with Gasteiger partial charge in [0.15, 0.2) is 5.84 Å². The van der Waals surface area contributed by atoms with Crippen LogP contribution in [-0.2, 0) is 7.05 Å². The molecule has 0 saturated heterocycles. The number of aryl methyl sites for hydroxylation is 3. The predicted molar refractivity (Wildman–Crippen MR) is 67.1 cm³/mol. The molecule has 0 aliphatic heterocycles. The second kappa shape index (κ2) is 4.17. The molecule has 0 fully saturated rings. The molecule has 0 atom stereocenters. The van der Waals surface area contributed by atoms with E-state index in [-0.39, 0.29) is 5.84 Å². The van der Waals surface area contributed by atoms with E-state index in [1.165, 1.54) is 0 Å². The summed E-state index contributed by atoms with van der Waals surface area (Å²) in [6.45, 7) is 5.70. The Morgan fingerprint density at radius 1 is 1.33 bits per heavy atom. The molecule has 0 aliphatic rings. The molecule has 2 heterocycles. The Morgan fingerprint density at radius 2 is 2.00 bits per heavy atom. The fourth-order valence-electron chi connectivity index (χ4n) is 1.98. The zero-order valence-corrected chi connectivity index (χ0v) is 10.8. The Morgan fingerprint density at radius 3 is 2.50 bits per heavy atom. The number of aromatic nitrogens is 4. The van der Waals surface area contributed by atoms with E-state index in [1.54, 1.807) is 11.0 Å². The first-order chi connectivity index (χ1) is 8.47. The van der Waals surface area contributed by atoms with Gasteiger partial charge in [0, 0.05) is 12.7 Å². The fourth-order valence-corrected chi connectivity index (χ4v) is 1.98. The van der Waals surface area contributed by atoms with Crippen LogP contribution in [0, 0.1) is 20.8 Å². The highest BCUT2D eigenvalue weighted by Crippen LogP contribution is 2.20. The number of nitrogens with two attached hydrogens (primary N) is 1. The smallest absolute Gasteiger partial charge is 0.175 e. The number of imidazole rings is 1. The average molecular weight is 248 g/mol. The molecule has 0 radical (unpaired) electrons. The van der Waals surface area contributed by atoms with Gasteiger partial charge in [-0.05, 0) is 20.8 Å². The van der Waals surface area contributed by atoms with Crippen molar-refractivity contribution in [2.75, 3.05) is 0 Å². The van der Waals surface area contributed by atoms with Crippen molar-refractivity contribution in [2.45, 2.75) is 20.8 Å². The maximum absolute atomic E-state index is 8.87. The van der Waals surface area contributed by atoms with Gasteiger partial charge >= 0.3 is 0 Å². The molecule has 0 saturated carbocycles. The van der Waals surface area contributed by atoms with Crippen LogP contribution in [0.1, 0.15) is 22.6 Å². The number of oxime groups is 1. The van der Waals surface area contributed by atoms with Crippen LogP contribution in [0.4, 0.5) is 0 Å². The molecule has 7 nitrogen and oxygen atoms in total. The van der Waals surface area contributed by atoms with Crippen LogP contribution < -0.4 is 5.73 Å². The zero-order chi connectivity index (χ0) is 13.4. The third kappa shape index (κ3) is 1.64. The van der Waals surface area contributed by atoms with Gasteiger partial charge in [-0.25, -0.2) is 4.98 Å². The average Bonchev–Trinajstić information content (AvgIpc) is 2.80. The summed E-state index contributed by atoms with van der Waals surface area (Å²) in [6, 6.07) is 0. The molecule has 7 heteroatoms. The van der Waals surface area contributed by atoms with Crippen molar-refractivity contribution in [3.63, 3.8) is 0 Å². The van der Waals surface area contributed by atoms with Gasteiger partial charge in [0.25, 0.3) is 0 Å². The molecule has 2 rings (SSSR count). The molecule has 0 aliphatic carbocycles. The summed E-state index contributed by atoms with van der Waals surface area (Å²) in [5, 5.41) is 16.2. The highest BCUT2D eigenvalue weighted by atomic mass is 16.4. The zero-order valence-electron chi connectivity index (χ0n) is 10.8. The van der Waals surface area contributed by atoms with Crippen LogP contribution in [0.15, 0.2) is 11.5 Å². The summed E-state index contributed by atoms with van der Waals surface area (Å²) in [4.78, 5) is 4.25. The lowest BCUT2D eigenvalue weighted by Crippen LogP contribution is -2.17. The van der Waals surface area contributed by atoms with Crippen LogP contribution in [0.5, 0.6) is 0 Å². The lowest BCUT2D eigenvalue weighted by atomic mass is 10.2. The minimum Gasteiger partial charge on any atom is -0.409 e. The maximum atomic E-state index is 8.87. The van der Waals surface area contributed by atoms with Crippen molar-refractivity contribution < 1.29 is 5.21 Å². The lowest BCUT2D eigenvalue weighted by Gasteiger charge is -2.08. The maximum Gasteiger partial charge on any atom is 0.175 e. The van der Waals surface area contributed by atoms with Gasteiger partial charge in [0.2, 0.25) is 0 Å². The lowest BCUT2D eigenvalue weighted by molar-refractivity contribution is 0.318. The molecule has 0 amide bonds. The Balaban J connectivity index is 2.75. The van der Waals surface area contributed by atoms with Gasteiger partial charge in [-0.3, -0.25) is 9.25 Å². The summed E-state index contributed by atoms with van der Waals surface area (Å²) in [5.41, 5.74) is 8.95. The van der Waals surface area contributed by atoms with E-state index in [2.05, 4.69) is 15.2 Å². The van der Waals surface area contributed by atoms with Gasteiger partial charge in [-0.1, -0.05) is 5.16 Å². The van der Waals surface area contributed by atoms with E-state index in [0.717, 1.165) is 17.2 Å². The summed E-state index contributed by atoms with van der Waals surface area (Å²) >= 11 is 0. The van der Waals surface area contributed by atoms with Crippen molar-refractivity contribution in [3.05, 3.63) is 29.0 Å². The van der Waals surface area contributed by atoms with Gasteiger partial charge in [0.1, 0.15) is 12.1 Å². The number of hydrogen-bond acceptors (Lipinski definition) is 4. The Kier molecular flexibility index (Phi) is 2.82. The van der Waals surface area contributed by atoms with E-state index in [0.29, 0.717) is 11.3 Å². The highest BCUT2D eigenvalue weighted by Gasteiger charge is 2.20. The third-order valence-corrected chi connectivity index (χ3v) is 3.04. The molecule has 2 aromatic rings. The van der Waals surface area contributed by atoms with E-state index in [4.69, 9.17) is 10.9 Å². The van der Waals surface area contributed by atoms with Crippen molar-refractivity contribution >= 4 is 5.84 Å². The normalized spacial score (nSPS) is 12.1. The molecule has 0 spiro atoms. The summed E-state index contributed by atoms with van der Waals surface area (Å²) < 4.78 is 3.57. The molecule has 3 N–H and O–H groups in total. The predicted octanol–water partition coefficient (Wildman–Crippen LogP) is 0.626. The summed E-state index contributed by atoms with van der Waals surface area (Å²) in [6.07, 6.45) is 1.70. The summed E-state index contributed by atoms with van der Waals surface area (Å²) in [7, 11) is 1.81. The van der Waals surface area contributed by atoms with Gasteiger partial charge in [-0.15, -0.1) is 0 Å². The van der Waals surface area contributed by atoms with E-state index >= 15 is 0 Å². The molecular formula is C11H16N6O. The van der Waals surface area contributed by atoms with Crippen molar-refractivity contribution in [2.24, 2.45) is 17.9 Å². The molecule has 96 valence electrons. The van der Waals surface area contributed by atoms with Gasteiger partial charge in [-0.2, -0.15) is 5.10 Å². The second-order valence-corrected chi connectivity index (χ2v) is 4.18. The first kappa shape index (κ1) is 12.2. The molecule has 0 unspecified atom stereocenters. The monoisotopic (exact) mass is 248 g/mol. The van der Waals surface area contributed by atoms with Crippen LogP contribution in [0.25, 0.3) is 5.82 Å². The Hall–Kier alpha value is -2.31. The van der Waals surface area contributed by atoms with Crippen molar-refractivity contribution in [1.82, 2.24) is 19.3 Å². The molecule has 18 heavy (non-hydrogen) atoms. The van der Waals surface area contributed by atoms with E-state index in [9.17, 15) is 0 Å². The van der Waals surface area contributed by atoms with Gasteiger partial charge in [0.05, 0.1) is 17.0 Å². The first-order valence-electron chi connectivity index (χ1n) is 5.49. The van der Waals surface area contributed by atoms with Crippen LogP contribution in [-0.4, -0.2) is 30.4 Å². The van der Waals surface area contributed by atoms with Gasteiger partial charge < -0.3 is 10.9 Å². The quantitative estimate of drug-likeness (QED) is 0.352. The summed E-state index contributed by atoms with van der Waals surface area (Å²) in [5.74, 6) is 0.780. The van der Waals surface area contributed by atoms with E-state index in [1.807, 2.05) is 32.4 Å². The fraction of sp³-hybridized carbons (Fsp3) is 0.364. The molecule has 0 aromatic carbocycles. The minimum absolute atomic E-state index is 0.0429. The van der Waals surface area contributed by atoms with Crippen LogP contribution in [0.2, 0.25) is 0 Å². The first-order valence-corrected chi connectivity index (χ1v) is 5.49. The molecule has 0 bridgehead atoms. The third-order valence-electron chi connectivity index (χ3n) is 3.04. The largest absolute Gasteiger partial charge is 0.409 e. The molecular weight excluding hydrogens is 232 g/mol. The SMILES string of the molecule is Cc1nn(C)c(-n2cnc(C)c2C)c1C(N)=NO. The molecule has 2 aromatic heterocycles. The standard InChI is InChI=1S/C11H16N6O/c1-6-8(3)17(5-13-6)11-9(10(12)15-18)7(2)14-16(11)4/h5,18H,1-4H3,(H2,12,15). The number of nitrogens with zero attached hydrogens (tertiary/aromatic N) is 5. The van der Waals surface area contributed by atoms with Crippen molar-refractivity contribution in [3.8, 4) is 5.82 Å². The Bertz CT molecular complexity index is 622. The van der Waals surface area contributed by atoms with Crippen molar-refractivity contribution in [1.29, 1.82) is 0 Å². The van der Waals surface area contributed by atoms with Crippen LogP contribution in [0.3, 0.4) is 0 Å². The second-order valence-electron chi connectivity index (χ2n) is 4.18. The number of amidine groups is 1. The number of hydrogen-bond donors (Lipinski definition) is 2. The van der Waals surface area contributed by atoms with Crippen LogP contribution >= 0.6 is 0 Å². The van der Waals surface area contributed by atoms with E-state index < -0.39 is 0 Å². The Labute approximate surface area is 105 Å². The minimum atomic E-state index is 0.0429. The highest BCUT2D eigenvalue weighted by molar-refractivity contribution is 6.01.